The highest BCUT2D eigenvalue weighted by Gasteiger charge is 2.05. The van der Waals surface area contributed by atoms with Crippen molar-refractivity contribution in [3.05, 3.63) is 72.6 Å². The fraction of sp³-hybridized carbons (Fsp3) is 0.0526. The highest BCUT2D eigenvalue weighted by molar-refractivity contribution is 6.03. The second-order valence-electron chi connectivity index (χ2n) is 5.25. The van der Waals surface area contributed by atoms with Crippen LogP contribution in [0.1, 0.15) is 5.69 Å². The van der Waals surface area contributed by atoms with Crippen LogP contribution in [-0.4, -0.2) is 9.97 Å². The molecule has 0 amide bonds. The van der Waals surface area contributed by atoms with E-state index in [1.165, 1.54) is 5.56 Å². The van der Waals surface area contributed by atoms with E-state index < -0.39 is 0 Å². The van der Waals surface area contributed by atoms with Crippen LogP contribution in [0.3, 0.4) is 0 Å². The molecular formula is C19H14N2. The van der Waals surface area contributed by atoms with E-state index in [4.69, 9.17) is 0 Å². The number of nitrogens with zero attached hydrogens (tertiary/aromatic N) is 2. The first-order chi connectivity index (χ1) is 10.3. The summed E-state index contributed by atoms with van der Waals surface area (Å²) in [7, 11) is 0. The topological polar surface area (TPSA) is 25.8 Å². The number of pyridine rings is 2. The van der Waals surface area contributed by atoms with Gasteiger partial charge in [-0.05, 0) is 24.6 Å². The van der Waals surface area contributed by atoms with Gasteiger partial charge in [-0.1, -0.05) is 48.5 Å². The Kier molecular flexibility index (Phi) is 2.68. The molecule has 0 unspecified atom stereocenters. The maximum absolute atomic E-state index is 4.66. The zero-order chi connectivity index (χ0) is 14.2. The van der Waals surface area contributed by atoms with Crippen LogP contribution in [0.25, 0.3) is 32.9 Å². The standard InChI is InChI=1S/C19H14N2/c1-13-7-8-15-9-10-16-11-17(14-5-3-2-4-6-14)12-20-18(16)19(15)21-13/h2-12H,1H3. The zero-order valence-electron chi connectivity index (χ0n) is 11.7. The Morgan fingerprint density at radius 1 is 0.714 bits per heavy atom. The number of hydrogen-bond acceptors (Lipinski definition) is 2. The predicted molar refractivity (Wildman–Crippen MR) is 87.2 cm³/mol. The summed E-state index contributed by atoms with van der Waals surface area (Å²) >= 11 is 0. The molecule has 2 heterocycles. The molecule has 0 bridgehead atoms. The fourth-order valence-corrected chi connectivity index (χ4v) is 2.67. The summed E-state index contributed by atoms with van der Waals surface area (Å²) in [6.45, 7) is 2.01. The summed E-state index contributed by atoms with van der Waals surface area (Å²) in [6, 6.07) is 20.9. The Bertz CT molecular complexity index is 943. The molecule has 0 radical (unpaired) electrons. The van der Waals surface area contributed by atoms with Gasteiger partial charge in [0, 0.05) is 28.2 Å². The van der Waals surface area contributed by atoms with E-state index in [9.17, 15) is 0 Å². The van der Waals surface area contributed by atoms with Crippen LogP contribution in [0.15, 0.2) is 66.9 Å². The molecule has 2 aromatic carbocycles. The third-order valence-electron chi connectivity index (χ3n) is 3.76. The molecule has 0 spiro atoms. The van der Waals surface area contributed by atoms with Crippen molar-refractivity contribution in [2.24, 2.45) is 0 Å². The summed E-state index contributed by atoms with van der Waals surface area (Å²) in [6.07, 6.45) is 1.93. The quantitative estimate of drug-likeness (QED) is 0.466. The van der Waals surface area contributed by atoms with E-state index in [-0.39, 0.29) is 0 Å². The average Bonchev–Trinajstić information content (AvgIpc) is 2.55. The highest BCUT2D eigenvalue weighted by Crippen LogP contribution is 2.26. The Hall–Kier alpha value is -2.74. The lowest BCUT2D eigenvalue weighted by atomic mass is 10.0. The maximum atomic E-state index is 4.66. The van der Waals surface area contributed by atoms with Gasteiger partial charge in [-0.3, -0.25) is 9.97 Å². The van der Waals surface area contributed by atoms with Crippen molar-refractivity contribution in [2.45, 2.75) is 6.92 Å². The smallest absolute Gasteiger partial charge is 0.0967 e. The van der Waals surface area contributed by atoms with Gasteiger partial charge in [-0.25, -0.2) is 0 Å². The minimum atomic E-state index is 0.968. The molecular weight excluding hydrogens is 256 g/mol. The normalized spacial score (nSPS) is 11.1. The molecule has 0 N–H and O–H groups in total. The van der Waals surface area contributed by atoms with Gasteiger partial charge in [0.1, 0.15) is 0 Å². The summed E-state index contributed by atoms with van der Waals surface area (Å²) in [4.78, 5) is 9.31. The first-order valence-corrected chi connectivity index (χ1v) is 7.03. The van der Waals surface area contributed by atoms with Crippen molar-refractivity contribution in [1.82, 2.24) is 9.97 Å². The van der Waals surface area contributed by atoms with E-state index >= 15 is 0 Å². The van der Waals surface area contributed by atoms with Gasteiger partial charge in [-0.15, -0.1) is 0 Å². The second kappa shape index (κ2) is 4.67. The molecule has 0 aliphatic heterocycles. The molecule has 100 valence electrons. The largest absolute Gasteiger partial charge is 0.253 e. The van der Waals surface area contributed by atoms with Crippen LogP contribution < -0.4 is 0 Å². The Morgan fingerprint density at radius 3 is 2.33 bits per heavy atom. The highest BCUT2D eigenvalue weighted by atomic mass is 14.7. The van der Waals surface area contributed by atoms with Gasteiger partial charge in [0.05, 0.1) is 11.0 Å². The fourth-order valence-electron chi connectivity index (χ4n) is 2.67. The van der Waals surface area contributed by atoms with Gasteiger partial charge < -0.3 is 0 Å². The SMILES string of the molecule is Cc1ccc2ccc3cc(-c4ccccc4)cnc3c2n1. The molecule has 0 aliphatic rings. The molecule has 2 aromatic heterocycles. The number of benzene rings is 2. The molecule has 4 rings (SSSR count). The van der Waals surface area contributed by atoms with E-state index in [2.05, 4.69) is 46.4 Å². The van der Waals surface area contributed by atoms with Crippen molar-refractivity contribution in [1.29, 1.82) is 0 Å². The van der Waals surface area contributed by atoms with Crippen LogP contribution >= 0.6 is 0 Å². The monoisotopic (exact) mass is 270 g/mol. The van der Waals surface area contributed by atoms with E-state index in [0.29, 0.717) is 0 Å². The molecule has 0 saturated carbocycles. The summed E-state index contributed by atoms with van der Waals surface area (Å²) in [5, 5.41) is 2.26. The molecule has 0 aliphatic carbocycles. The average molecular weight is 270 g/mol. The minimum absolute atomic E-state index is 0.968. The number of aromatic nitrogens is 2. The van der Waals surface area contributed by atoms with Gasteiger partial charge in [0.15, 0.2) is 0 Å². The van der Waals surface area contributed by atoms with Crippen molar-refractivity contribution in [2.75, 3.05) is 0 Å². The van der Waals surface area contributed by atoms with Crippen molar-refractivity contribution in [3.63, 3.8) is 0 Å². The van der Waals surface area contributed by atoms with E-state index in [0.717, 1.165) is 33.1 Å². The Balaban J connectivity index is 1.99. The molecule has 0 saturated heterocycles. The van der Waals surface area contributed by atoms with Crippen LogP contribution in [0, 0.1) is 6.92 Å². The first-order valence-electron chi connectivity index (χ1n) is 7.03. The van der Waals surface area contributed by atoms with Gasteiger partial charge in [-0.2, -0.15) is 0 Å². The number of rotatable bonds is 1. The molecule has 4 aromatic rings. The summed E-state index contributed by atoms with van der Waals surface area (Å²) < 4.78 is 0. The summed E-state index contributed by atoms with van der Waals surface area (Å²) in [5.74, 6) is 0. The predicted octanol–water partition coefficient (Wildman–Crippen LogP) is 4.76. The Labute approximate surface area is 123 Å². The molecule has 2 heteroatoms. The molecule has 0 atom stereocenters. The van der Waals surface area contributed by atoms with Crippen LogP contribution in [-0.2, 0) is 0 Å². The van der Waals surface area contributed by atoms with Gasteiger partial charge >= 0.3 is 0 Å². The lowest BCUT2D eigenvalue weighted by Gasteiger charge is -2.06. The minimum Gasteiger partial charge on any atom is -0.253 e. The van der Waals surface area contributed by atoms with Gasteiger partial charge in [0.2, 0.25) is 0 Å². The van der Waals surface area contributed by atoms with Crippen molar-refractivity contribution in [3.8, 4) is 11.1 Å². The number of hydrogen-bond donors (Lipinski definition) is 0. The molecule has 0 fully saturated rings. The molecule has 21 heavy (non-hydrogen) atoms. The summed E-state index contributed by atoms with van der Waals surface area (Å²) in [5.41, 5.74) is 5.28. The second-order valence-corrected chi connectivity index (χ2v) is 5.25. The van der Waals surface area contributed by atoms with Crippen LogP contribution in [0.2, 0.25) is 0 Å². The Morgan fingerprint density at radius 2 is 1.48 bits per heavy atom. The van der Waals surface area contributed by atoms with Crippen LogP contribution in [0.4, 0.5) is 0 Å². The zero-order valence-corrected chi connectivity index (χ0v) is 11.7. The third kappa shape index (κ3) is 2.05. The number of fused-ring (bicyclic) bond motifs is 3. The van der Waals surface area contributed by atoms with Gasteiger partial charge in [0.25, 0.3) is 0 Å². The van der Waals surface area contributed by atoms with E-state index in [1.807, 2.05) is 37.4 Å². The van der Waals surface area contributed by atoms with Crippen molar-refractivity contribution >= 4 is 21.8 Å². The molecule has 2 nitrogen and oxygen atoms in total. The maximum Gasteiger partial charge on any atom is 0.0967 e. The number of aryl methyl sites for hydroxylation is 1. The third-order valence-corrected chi connectivity index (χ3v) is 3.76. The lowest BCUT2D eigenvalue weighted by Crippen LogP contribution is -1.88. The lowest BCUT2D eigenvalue weighted by molar-refractivity contribution is 1.25. The van der Waals surface area contributed by atoms with Crippen LogP contribution in [0.5, 0.6) is 0 Å². The van der Waals surface area contributed by atoms with Crippen molar-refractivity contribution < 1.29 is 0 Å². The van der Waals surface area contributed by atoms with E-state index in [1.54, 1.807) is 0 Å². The first kappa shape index (κ1) is 12.0.